The van der Waals surface area contributed by atoms with Gasteiger partial charge in [0.15, 0.2) is 0 Å². The van der Waals surface area contributed by atoms with E-state index in [2.05, 4.69) is 29.2 Å². The molecule has 0 amide bonds. The number of hydrogen-bond acceptors (Lipinski definition) is 6. The zero-order chi connectivity index (χ0) is 14.7. The van der Waals surface area contributed by atoms with Crippen molar-refractivity contribution in [2.45, 2.75) is 19.4 Å². The van der Waals surface area contributed by atoms with Gasteiger partial charge in [0.1, 0.15) is 5.82 Å². The molecule has 2 heterocycles. The van der Waals surface area contributed by atoms with E-state index in [9.17, 15) is 10.1 Å². The molecule has 1 aliphatic heterocycles. The Labute approximate surface area is 118 Å². The number of hydrogen-bond donors (Lipinski definition) is 1. The van der Waals surface area contributed by atoms with Gasteiger partial charge in [-0.2, -0.15) is 0 Å². The summed E-state index contributed by atoms with van der Waals surface area (Å²) in [6.07, 6.45) is 1.02. The SMILES string of the molecule is CCC1CN(c2nc(NC)ccc2[N+](=O)[O-])CCN1C. The molecule has 0 saturated carbocycles. The first kappa shape index (κ1) is 14.5. The molecule has 1 atom stereocenters. The highest BCUT2D eigenvalue weighted by Gasteiger charge is 2.28. The van der Waals surface area contributed by atoms with Crippen LogP contribution < -0.4 is 10.2 Å². The van der Waals surface area contributed by atoms with Crippen molar-refractivity contribution >= 4 is 17.3 Å². The van der Waals surface area contributed by atoms with Crippen molar-refractivity contribution in [2.24, 2.45) is 0 Å². The van der Waals surface area contributed by atoms with Gasteiger partial charge >= 0.3 is 5.69 Å². The molecule has 1 saturated heterocycles. The van der Waals surface area contributed by atoms with Gasteiger partial charge in [0.25, 0.3) is 0 Å². The van der Waals surface area contributed by atoms with Gasteiger partial charge < -0.3 is 10.2 Å². The maximum atomic E-state index is 11.2. The smallest absolute Gasteiger partial charge is 0.311 e. The van der Waals surface area contributed by atoms with Gasteiger partial charge in [0, 0.05) is 38.8 Å². The number of rotatable bonds is 4. The van der Waals surface area contributed by atoms with Crippen LogP contribution in [0.4, 0.5) is 17.3 Å². The Hall–Kier alpha value is -1.89. The maximum absolute atomic E-state index is 11.2. The summed E-state index contributed by atoms with van der Waals surface area (Å²) in [5, 5.41) is 14.1. The van der Waals surface area contributed by atoms with Crippen LogP contribution in [0, 0.1) is 10.1 Å². The molecule has 1 N–H and O–H groups in total. The largest absolute Gasteiger partial charge is 0.373 e. The highest BCUT2D eigenvalue weighted by atomic mass is 16.6. The summed E-state index contributed by atoms with van der Waals surface area (Å²) in [4.78, 5) is 19.5. The van der Waals surface area contributed by atoms with Crippen molar-refractivity contribution in [3.05, 3.63) is 22.2 Å². The number of nitro groups is 1. The van der Waals surface area contributed by atoms with Gasteiger partial charge in [0.2, 0.25) is 5.82 Å². The molecule has 1 unspecified atom stereocenters. The van der Waals surface area contributed by atoms with E-state index >= 15 is 0 Å². The van der Waals surface area contributed by atoms with Crippen LogP contribution in [-0.4, -0.2) is 54.6 Å². The van der Waals surface area contributed by atoms with E-state index in [1.54, 1.807) is 13.1 Å². The van der Waals surface area contributed by atoms with Gasteiger partial charge in [-0.3, -0.25) is 15.0 Å². The van der Waals surface area contributed by atoms with E-state index in [4.69, 9.17) is 0 Å². The molecule has 2 rings (SSSR count). The molecule has 0 radical (unpaired) electrons. The second kappa shape index (κ2) is 6.04. The van der Waals surface area contributed by atoms with Crippen LogP contribution in [0.15, 0.2) is 12.1 Å². The van der Waals surface area contributed by atoms with Crippen LogP contribution in [0.3, 0.4) is 0 Å². The first-order valence-corrected chi connectivity index (χ1v) is 6.85. The van der Waals surface area contributed by atoms with Gasteiger partial charge in [-0.1, -0.05) is 6.92 Å². The number of anilines is 2. The van der Waals surface area contributed by atoms with Gasteiger partial charge in [-0.05, 0) is 19.5 Å². The van der Waals surface area contributed by atoms with Crippen LogP contribution in [0.2, 0.25) is 0 Å². The Morgan fingerprint density at radius 2 is 2.25 bits per heavy atom. The molecule has 1 aromatic rings. The van der Waals surface area contributed by atoms with Crippen molar-refractivity contribution in [3.63, 3.8) is 0 Å². The van der Waals surface area contributed by atoms with E-state index in [0.29, 0.717) is 17.7 Å². The third kappa shape index (κ3) is 2.82. The number of pyridine rings is 1. The van der Waals surface area contributed by atoms with Crippen LogP contribution in [0.5, 0.6) is 0 Å². The van der Waals surface area contributed by atoms with E-state index in [-0.39, 0.29) is 10.6 Å². The number of nitrogens with zero attached hydrogens (tertiary/aromatic N) is 4. The lowest BCUT2D eigenvalue weighted by molar-refractivity contribution is -0.384. The lowest BCUT2D eigenvalue weighted by atomic mass is 10.1. The van der Waals surface area contributed by atoms with Gasteiger partial charge in [0.05, 0.1) is 4.92 Å². The molecule has 0 spiro atoms. The minimum Gasteiger partial charge on any atom is -0.373 e. The number of piperazine rings is 1. The second-order valence-corrected chi connectivity index (χ2v) is 5.04. The Morgan fingerprint density at radius 3 is 2.85 bits per heavy atom. The summed E-state index contributed by atoms with van der Waals surface area (Å²) in [6, 6.07) is 3.56. The molecule has 0 bridgehead atoms. The summed E-state index contributed by atoms with van der Waals surface area (Å²) in [7, 11) is 3.86. The van der Waals surface area contributed by atoms with Crippen LogP contribution in [0.1, 0.15) is 13.3 Å². The van der Waals surface area contributed by atoms with Crippen molar-refractivity contribution in [3.8, 4) is 0 Å². The fourth-order valence-electron chi connectivity index (χ4n) is 2.53. The fourth-order valence-corrected chi connectivity index (χ4v) is 2.53. The van der Waals surface area contributed by atoms with E-state index in [1.807, 2.05) is 4.90 Å². The normalized spacial score (nSPS) is 19.9. The Balaban J connectivity index is 2.32. The highest BCUT2D eigenvalue weighted by Crippen LogP contribution is 2.29. The first-order valence-electron chi connectivity index (χ1n) is 6.85. The maximum Gasteiger partial charge on any atom is 0.311 e. The zero-order valence-corrected chi connectivity index (χ0v) is 12.2. The summed E-state index contributed by atoms with van der Waals surface area (Å²) in [5.41, 5.74) is 0.0726. The molecule has 1 aromatic heterocycles. The molecular weight excluding hydrogens is 258 g/mol. The number of nitrogens with one attached hydrogen (secondary N) is 1. The Morgan fingerprint density at radius 1 is 1.50 bits per heavy atom. The average molecular weight is 279 g/mol. The number of likely N-dealkylation sites (N-methyl/N-ethyl adjacent to an activating group) is 1. The van der Waals surface area contributed by atoms with Gasteiger partial charge in [-0.25, -0.2) is 4.98 Å². The fraction of sp³-hybridized carbons (Fsp3) is 0.615. The topological polar surface area (TPSA) is 74.5 Å². The Bertz CT molecular complexity index is 494. The molecule has 7 nitrogen and oxygen atoms in total. The van der Waals surface area contributed by atoms with Crippen LogP contribution >= 0.6 is 0 Å². The number of aromatic nitrogens is 1. The monoisotopic (exact) mass is 279 g/mol. The lowest BCUT2D eigenvalue weighted by Gasteiger charge is -2.39. The molecule has 0 aromatic carbocycles. The van der Waals surface area contributed by atoms with Crippen molar-refractivity contribution in [1.29, 1.82) is 0 Å². The predicted molar refractivity (Wildman–Crippen MR) is 79.4 cm³/mol. The van der Waals surface area contributed by atoms with Crippen LogP contribution in [0.25, 0.3) is 0 Å². The van der Waals surface area contributed by atoms with Crippen LogP contribution in [-0.2, 0) is 0 Å². The minimum absolute atomic E-state index is 0.0726. The molecule has 7 heteroatoms. The molecule has 1 aliphatic rings. The summed E-state index contributed by atoms with van der Waals surface area (Å²) >= 11 is 0. The third-order valence-electron chi connectivity index (χ3n) is 3.86. The predicted octanol–water partition coefficient (Wildman–Crippen LogP) is 1.56. The minimum atomic E-state index is -0.360. The van der Waals surface area contributed by atoms with Gasteiger partial charge in [-0.15, -0.1) is 0 Å². The van der Waals surface area contributed by atoms with Crippen molar-refractivity contribution in [2.75, 3.05) is 43.9 Å². The summed E-state index contributed by atoms with van der Waals surface area (Å²) in [6.45, 7) is 4.56. The highest BCUT2D eigenvalue weighted by molar-refractivity contribution is 5.62. The Kier molecular flexibility index (Phi) is 4.39. The van der Waals surface area contributed by atoms with E-state index in [1.165, 1.54) is 6.07 Å². The summed E-state index contributed by atoms with van der Waals surface area (Å²) in [5.74, 6) is 1.12. The molecular formula is C13H21N5O2. The molecule has 0 aliphatic carbocycles. The third-order valence-corrected chi connectivity index (χ3v) is 3.86. The van der Waals surface area contributed by atoms with Crippen molar-refractivity contribution < 1.29 is 4.92 Å². The molecule has 110 valence electrons. The van der Waals surface area contributed by atoms with Crippen molar-refractivity contribution in [1.82, 2.24) is 9.88 Å². The summed E-state index contributed by atoms with van der Waals surface area (Å²) < 4.78 is 0. The lowest BCUT2D eigenvalue weighted by Crippen LogP contribution is -2.51. The molecule has 1 fully saturated rings. The average Bonchev–Trinajstić information content (AvgIpc) is 2.47. The zero-order valence-electron chi connectivity index (χ0n) is 12.2. The standard InChI is InChI=1S/C13H21N5O2/c1-4-10-9-17(8-7-16(10)3)13-11(18(19)20)5-6-12(14-2)15-13/h5-6,10H,4,7-9H2,1-3H3,(H,14,15). The molecule has 20 heavy (non-hydrogen) atoms. The first-order chi connectivity index (χ1) is 9.56. The quantitative estimate of drug-likeness (QED) is 0.666. The van der Waals surface area contributed by atoms with E-state index < -0.39 is 0 Å². The van der Waals surface area contributed by atoms with E-state index in [0.717, 1.165) is 26.1 Å². The second-order valence-electron chi connectivity index (χ2n) is 5.04.